The molecule has 1 amide bonds. The summed E-state index contributed by atoms with van der Waals surface area (Å²) in [7, 11) is -6.73. The van der Waals surface area contributed by atoms with Crippen molar-refractivity contribution in [2.45, 2.75) is 17.7 Å². The zero-order chi connectivity index (χ0) is 18.5. The van der Waals surface area contributed by atoms with E-state index in [4.69, 9.17) is 0 Å². The van der Waals surface area contributed by atoms with Gasteiger partial charge in [-0.05, 0) is 25.0 Å². The number of nitrogens with one attached hydrogen (secondary N) is 1. The number of rotatable bonds is 6. The molecular weight excluding hydrogens is 364 g/mol. The smallest absolute Gasteiger partial charge is 0.243 e. The average Bonchev–Trinajstić information content (AvgIpc) is 2.58. The summed E-state index contributed by atoms with van der Waals surface area (Å²) in [5.41, 5.74) is 0. The van der Waals surface area contributed by atoms with Crippen molar-refractivity contribution in [2.24, 2.45) is 5.92 Å². The minimum Gasteiger partial charge on any atom is -0.352 e. The summed E-state index contributed by atoms with van der Waals surface area (Å²) in [5, 5.41) is 3.70. The Hall–Kier alpha value is -1.71. The number of nitrogens with zero attached hydrogens (tertiary/aromatic N) is 1. The van der Waals surface area contributed by atoms with Crippen LogP contribution in [0.5, 0.6) is 0 Å². The van der Waals surface area contributed by atoms with Crippen molar-refractivity contribution in [3.05, 3.63) is 41.8 Å². The molecule has 0 radical (unpaired) electrons. The second-order valence-electron chi connectivity index (χ2n) is 5.94. The molecule has 1 aromatic carbocycles. The molecule has 1 aliphatic rings. The van der Waals surface area contributed by atoms with E-state index < -0.39 is 19.9 Å². The molecule has 138 valence electrons. The number of carbonyl (C=O) groups excluding carboxylic acids is 1. The number of hydrogen-bond acceptors (Lipinski definition) is 5. The Morgan fingerprint density at radius 2 is 1.76 bits per heavy atom. The van der Waals surface area contributed by atoms with Crippen molar-refractivity contribution in [2.75, 3.05) is 25.9 Å². The third-order valence-electron chi connectivity index (χ3n) is 3.94. The first-order valence-electron chi connectivity index (χ1n) is 7.89. The van der Waals surface area contributed by atoms with E-state index in [0.717, 1.165) is 11.7 Å². The Balaban J connectivity index is 1.87. The lowest BCUT2D eigenvalue weighted by Gasteiger charge is -2.30. The number of hydrogen-bond donors (Lipinski definition) is 1. The van der Waals surface area contributed by atoms with E-state index in [1.165, 1.54) is 10.4 Å². The maximum absolute atomic E-state index is 12.5. The highest BCUT2D eigenvalue weighted by Gasteiger charge is 2.31. The lowest BCUT2D eigenvalue weighted by molar-refractivity contribution is -0.125. The van der Waals surface area contributed by atoms with E-state index in [1.807, 2.05) is 0 Å². The van der Waals surface area contributed by atoms with Crippen LogP contribution in [-0.4, -0.2) is 52.9 Å². The van der Waals surface area contributed by atoms with Crippen LogP contribution in [0.4, 0.5) is 0 Å². The van der Waals surface area contributed by atoms with Gasteiger partial charge in [0, 0.05) is 37.2 Å². The highest BCUT2D eigenvalue weighted by Crippen LogP contribution is 2.23. The number of sulfone groups is 1. The van der Waals surface area contributed by atoms with Crippen LogP contribution in [0.15, 0.2) is 46.7 Å². The van der Waals surface area contributed by atoms with Gasteiger partial charge in [0.15, 0.2) is 9.84 Å². The van der Waals surface area contributed by atoms with E-state index in [1.54, 1.807) is 30.3 Å². The second-order valence-corrected chi connectivity index (χ2v) is 9.81. The van der Waals surface area contributed by atoms with Crippen LogP contribution in [0.2, 0.25) is 0 Å². The normalized spacial score (nSPS) is 17.6. The molecule has 0 spiro atoms. The SMILES string of the molecule is CS(=O)(=O)C=CCNC(=O)C1CCN(S(=O)(=O)c2ccccc2)CC1. The molecule has 25 heavy (non-hydrogen) atoms. The van der Waals surface area contributed by atoms with E-state index in [2.05, 4.69) is 5.32 Å². The Kier molecular flexibility index (Phi) is 6.36. The first-order valence-corrected chi connectivity index (χ1v) is 11.3. The topological polar surface area (TPSA) is 101 Å². The second kappa shape index (κ2) is 8.11. The van der Waals surface area contributed by atoms with Crippen molar-refractivity contribution >= 4 is 25.8 Å². The number of piperidine rings is 1. The van der Waals surface area contributed by atoms with Gasteiger partial charge in [0.05, 0.1) is 4.90 Å². The fourth-order valence-corrected chi connectivity index (χ4v) is 4.56. The van der Waals surface area contributed by atoms with E-state index in [9.17, 15) is 21.6 Å². The van der Waals surface area contributed by atoms with Gasteiger partial charge < -0.3 is 5.32 Å². The number of carbonyl (C=O) groups is 1. The quantitative estimate of drug-likeness (QED) is 0.778. The standard InChI is InChI=1S/C16H22N2O5S2/c1-24(20,21)13-5-10-17-16(19)14-8-11-18(12-9-14)25(22,23)15-6-3-2-4-7-15/h2-7,13-14H,8-12H2,1H3,(H,17,19). The van der Waals surface area contributed by atoms with Gasteiger partial charge in [-0.15, -0.1) is 0 Å². The minimum absolute atomic E-state index is 0.133. The Bertz CT molecular complexity index is 825. The highest BCUT2D eigenvalue weighted by atomic mass is 32.2. The van der Waals surface area contributed by atoms with Gasteiger partial charge in [0.1, 0.15) is 0 Å². The van der Waals surface area contributed by atoms with E-state index >= 15 is 0 Å². The highest BCUT2D eigenvalue weighted by molar-refractivity contribution is 7.93. The molecule has 0 unspecified atom stereocenters. The molecule has 0 saturated carbocycles. The Morgan fingerprint density at radius 1 is 1.16 bits per heavy atom. The molecule has 1 N–H and O–H groups in total. The molecule has 0 bridgehead atoms. The van der Waals surface area contributed by atoms with Crippen LogP contribution in [0.25, 0.3) is 0 Å². The number of amides is 1. The van der Waals surface area contributed by atoms with Gasteiger partial charge in [0.2, 0.25) is 15.9 Å². The molecule has 2 rings (SSSR count). The van der Waals surface area contributed by atoms with Crippen LogP contribution in [0.3, 0.4) is 0 Å². The van der Waals surface area contributed by atoms with Crippen molar-refractivity contribution in [3.63, 3.8) is 0 Å². The molecule has 0 aromatic heterocycles. The van der Waals surface area contributed by atoms with Crippen molar-refractivity contribution in [1.29, 1.82) is 0 Å². The van der Waals surface area contributed by atoms with E-state index in [-0.39, 0.29) is 36.4 Å². The van der Waals surface area contributed by atoms with Crippen LogP contribution >= 0.6 is 0 Å². The molecule has 0 atom stereocenters. The summed E-state index contributed by atoms with van der Waals surface area (Å²) in [4.78, 5) is 12.3. The van der Waals surface area contributed by atoms with Crippen molar-refractivity contribution in [3.8, 4) is 0 Å². The maximum Gasteiger partial charge on any atom is 0.243 e. The van der Waals surface area contributed by atoms with Gasteiger partial charge in [-0.25, -0.2) is 16.8 Å². The summed E-state index contributed by atoms with van der Waals surface area (Å²) in [6.07, 6.45) is 3.33. The molecule has 1 fully saturated rings. The van der Waals surface area contributed by atoms with Gasteiger partial charge >= 0.3 is 0 Å². The van der Waals surface area contributed by atoms with Crippen LogP contribution in [0.1, 0.15) is 12.8 Å². The third kappa shape index (κ3) is 5.65. The van der Waals surface area contributed by atoms with Crippen molar-refractivity contribution in [1.82, 2.24) is 9.62 Å². The number of sulfonamides is 1. The fraction of sp³-hybridized carbons (Fsp3) is 0.438. The molecule has 1 saturated heterocycles. The minimum atomic E-state index is -3.52. The predicted molar refractivity (Wildman–Crippen MR) is 94.9 cm³/mol. The van der Waals surface area contributed by atoms with Crippen molar-refractivity contribution < 1.29 is 21.6 Å². The first kappa shape index (κ1) is 19.6. The lowest BCUT2D eigenvalue weighted by atomic mass is 9.97. The maximum atomic E-state index is 12.5. The van der Waals surface area contributed by atoms with Gasteiger partial charge in [-0.2, -0.15) is 4.31 Å². The molecule has 7 nitrogen and oxygen atoms in total. The van der Waals surface area contributed by atoms with Gasteiger partial charge in [0.25, 0.3) is 0 Å². The summed E-state index contributed by atoms with van der Waals surface area (Å²) in [5.74, 6) is -0.455. The number of benzene rings is 1. The third-order valence-corrected chi connectivity index (χ3v) is 6.54. The largest absolute Gasteiger partial charge is 0.352 e. The summed E-state index contributed by atoms with van der Waals surface area (Å²) in [6.45, 7) is 0.706. The Morgan fingerprint density at radius 3 is 2.32 bits per heavy atom. The lowest BCUT2D eigenvalue weighted by Crippen LogP contribution is -2.43. The Labute approximate surface area is 148 Å². The summed E-state index contributed by atoms with van der Waals surface area (Å²) >= 11 is 0. The predicted octanol–water partition coefficient (Wildman–Crippen LogP) is 0.762. The van der Waals surface area contributed by atoms with E-state index in [0.29, 0.717) is 12.8 Å². The first-order chi connectivity index (χ1) is 11.7. The molecule has 1 aromatic rings. The van der Waals surface area contributed by atoms with Gasteiger partial charge in [-0.3, -0.25) is 4.79 Å². The molecule has 1 heterocycles. The summed E-state index contributed by atoms with van der Waals surface area (Å²) < 4.78 is 48.4. The average molecular weight is 386 g/mol. The zero-order valence-electron chi connectivity index (χ0n) is 14.0. The molecule has 9 heteroatoms. The van der Waals surface area contributed by atoms with Gasteiger partial charge in [-0.1, -0.05) is 24.3 Å². The molecular formula is C16H22N2O5S2. The monoisotopic (exact) mass is 386 g/mol. The van der Waals surface area contributed by atoms with Crippen LogP contribution in [0, 0.1) is 5.92 Å². The summed E-state index contributed by atoms with van der Waals surface area (Å²) in [6, 6.07) is 8.23. The molecule has 1 aliphatic heterocycles. The van der Waals surface area contributed by atoms with Crippen LogP contribution in [-0.2, 0) is 24.7 Å². The zero-order valence-corrected chi connectivity index (χ0v) is 15.6. The fourth-order valence-electron chi connectivity index (χ4n) is 2.63. The van der Waals surface area contributed by atoms with Crippen LogP contribution < -0.4 is 5.32 Å². The molecule has 0 aliphatic carbocycles.